The van der Waals surface area contributed by atoms with Crippen molar-refractivity contribution in [2.45, 2.75) is 57.8 Å². The number of halogens is 1. The number of ether oxygens (including phenoxy) is 3. The molecule has 38 heavy (non-hydrogen) atoms. The molecule has 9 heteroatoms. The lowest BCUT2D eigenvalue weighted by Gasteiger charge is -2.42. The summed E-state index contributed by atoms with van der Waals surface area (Å²) in [6.07, 6.45) is 0.198. The first-order valence-electron chi connectivity index (χ1n) is 12.8. The highest BCUT2D eigenvalue weighted by Gasteiger charge is 2.61. The van der Waals surface area contributed by atoms with Crippen molar-refractivity contribution in [2.75, 3.05) is 20.3 Å². The summed E-state index contributed by atoms with van der Waals surface area (Å²) in [6, 6.07) is 9.32. The maximum atomic E-state index is 14.1. The highest BCUT2D eigenvalue weighted by atomic mass is 35.5. The number of rotatable bonds is 4. The molecule has 2 aromatic carbocycles. The lowest BCUT2D eigenvalue weighted by molar-refractivity contribution is -0.152. The molecular weight excluding hydrogens is 510 g/mol. The van der Waals surface area contributed by atoms with E-state index in [1.165, 1.54) is 12.0 Å². The Labute approximate surface area is 226 Å². The van der Waals surface area contributed by atoms with Crippen LogP contribution in [0.15, 0.2) is 30.3 Å². The molecule has 1 N–H and O–H groups in total. The van der Waals surface area contributed by atoms with Gasteiger partial charge in [-0.1, -0.05) is 11.6 Å². The van der Waals surface area contributed by atoms with Gasteiger partial charge in [-0.15, -0.1) is 0 Å². The van der Waals surface area contributed by atoms with Crippen LogP contribution in [-0.4, -0.2) is 59.3 Å². The van der Waals surface area contributed by atoms with Crippen molar-refractivity contribution in [1.29, 1.82) is 0 Å². The largest absolute Gasteiger partial charge is 0.488 e. The molecule has 202 valence electrons. The Morgan fingerprint density at radius 2 is 1.89 bits per heavy atom. The zero-order valence-electron chi connectivity index (χ0n) is 22.0. The van der Waals surface area contributed by atoms with E-state index in [1.54, 1.807) is 32.9 Å². The van der Waals surface area contributed by atoms with Crippen LogP contribution in [0.3, 0.4) is 0 Å². The maximum absolute atomic E-state index is 14.1. The number of hydrogen-bond donors (Lipinski definition) is 1. The lowest BCUT2D eigenvalue weighted by atomic mass is 9.69. The summed E-state index contributed by atoms with van der Waals surface area (Å²) in [5, 5.41) is 11.2. The quantitative estimate of drug-likeness (QED) is 0.555. The second kappa shape index (κ2) is 9.58. The van der Waals surface area contributed by atoms with Gasteiger partial charge >= 0.3 is 12.1 Å². The molecule has 1 fully saturated rings. The minimum Gasteiger partial charge on any atom is -0.488 e. The van der Waals surface area contributed by atoms with Crippen LogP contribution in [0.25, 0.3) is 11.1 Å². The van der Waals surface area contributed by atoms with Crippen LogP contribution in [0.2, 0.25) is 5.02 Å². The molecule has 3 aliphatic rings. The number of carboxylic acids is 1. The first-order chi connectivity index (χ1) is 17.9. The highest BCUT2D eigenvalue weighted by Crippen LogP contribution is 2.47. The van der Waals surface area contributed by atoms with E-state index in [1.807, 2.05) is 18.2 Å². The van der Waals surface area contributed by atoms with Crippen LogP contribution < -0.4 is 4.74 Å². The summed E-state index contributed by atoms with van der Waals surface area (Å²) < 4.78 is 16.8. The van der Waals surface area contributed by atoms with E-state index in [-0.39, 0.29) is 37.9 Å². The number of carbonyl (C=O) groups excluding carboxylic acids is 2. The van der Waals surface area contributed by atoms with Gasteiger partial charge in [0.1, 0.15) is 18.0 Å². The zero-order valence-corrected chi connectivity index (χ0v) is 22.8. The molecule has 1 amide bonds. The summed E-state index contributed by atoms with van der Waals surface area (Å²) in [5.74, 6) is -1.94. The van der Waals surface area contributed by atoms with Gasteiger partial charge < -0.3 is 19.3 Å². The lowest BCUT2D eigenvalue weighted by Crippen LogP contribution is -2.61. The van der Waals surface area contributed by atoms with Gasteiger partial charge in [0.25, 0.3) is 0 Å². The van der Waals surface area contributed by atoms with Gasteiger partial charge in [0.15, 0.2) is 11.3 Å². The highest BCUT2D eigenvalue weighted by molar-refractivity contribution is 6.30. The Morgan fingerprint density at radius 3 is 2.58 bits per heavy atom. The molecule has 0 spiro atoms. The summed E-state index contributed by atoms with van der Waals surface area (Å²) in [7, 11) is 1.54. The number of Topliss-reactive ketones (excluding diaryl/α,β-unsaturated/α-hetero) is 1. The van der Waals surface area contributed by atoms with Gasteiger partial charge in [0.2, 0.25) is 0 Å². The molecule has 2 unspecified atom stereocenters. The molecule has 0 saturated carbocycles. The summed E-state index contributed by atoms with van der Waals surface area (Å²) in [4.78, 5) is 41.7. The minimum absolute atomic E-state index is 0.114. The van der Waals surface area contributed by atoms with Crippen LogP contribution >= 0.6 is 11.6 Å². The standard InChI is InChI=1S/C29H32ClNO7/c1-28(2,3)38-27(35)31-13-16(14-36-4)12-29(31,26(33)34)23-8-5-17-9-21-18(10-22(17)25(23)32)15-37-24-11-19(30)6-7-20(21)24/h6-7,9-11,16,23H,5,8,12-15H2,1-4H3,(H,33,34)/t16?,23?,29-/m1/s1. The summed E-state index contributed by atoms with van der Waals surface area (Å²) in [6.45, 7) is 5.89. The number of ketones is 1. The van der Waals surface area contributed by atoms with Crippen molar-refractivity contribution in [3.63, 3.8) is 0 Å². The minimum atomic E-state index is -1.73. The number of fused-ring (bicyclic) bond motifs is 4. The van der Waals surface area contributed by atoms with E-state index in [2.05, 4.69) is 0 Å². The number of methoxy groups -OCH3 is 1. The molecule has 1 aliphatic carbocycles. The van der Waals surface area contributed by atoms with E-state index in [0.29, 0.717) is 29.2 Å². The topological polar surface area (TPSA) is 102 Å². The van der Waals surface area contributed by atoms with E-state index in [0.717, 1.165) is 22.3 Å². The molecule has 2 aliphatic heterocycles. The number of amides is 1. The fourth-order valence-corrected chi connectivity index (χ4v) is 6.35. The van der Waals surface area contributed by atoms with E-state index >= 15 is 0 Å². The third kappa shape index (κ3) is 4.43. The average Bonchev–Trinajstić information content (AvgIpc) is 3.23. The third-order valence-corrected chi connectivity index (χ3v) is 7.95. The normalized spacial score (nSPS) is 24.2. The fourth-order valence-electron chi connectivity index (χ4n) is 6.18. The Balaban J connectivity index is 1.55. The van der Waals surface area contributed by atoms with Crippen LogP contribution in [0.5, 0.6) is 5.75 Å². The Bertz CT molecular complexity index is 1320. The number of carbonyl (C=O) groups is 3. The van der Waals surface area contributed by atoms with Crippen LogP contribution in [0.4, 0.5) is 4.79 Å². The van der Waals surface area contributed by atoms with Gasteiger partial charge in [-0.05, 0) is 87.1 Å². The third-order valence-electron chi connectivity index (χ3n) is 7.72. The number of nitrogens with zero attached hydrogens (tertiary/aromatic N) is 1. The average molecular weight is 542 g/mol. The van der Waals surface area contributed by atoms with E-state index in [4.69, 9.17) is 25.8 Å². The predicted molar refractivity (Wildman–Crippen MR) is 141 cm³/mol. The number of hydrogen-bond acceptors (Lipinski definition) is 6. The van der Waals surface area contributed by atoms with E-state index < -0.39 is 29.1 Å². The molecule has 2 aromatic rings. The first-order valence-corrected chi connectivity index (χ1v) is 13.2. The van der Waals surface area contributed by atoms with Crippen LogP contribution in [-0.2, 0) is 27.3 Å². The molecule has 5 rings (SSSR count). The maximum Gasteiger partial charge on any atom is 0.411 e. The predicted octanol–water partition coefficient (Wildman–Crippen LogP) is 5.37. The smallest absolute Gasteiger partial charge is 0.411 e. The van der Waals surface area contributed by atoms with E-state index in [9.17, 15) is 19.5 Å². The Hall–Kier alpha value is -3.10. The molecule has 0 radical (unpaired) electrons. The second-order valence-electron chi connectivity index (χ2n) is 11.4. The van der Waals surface area contributed by atoms with Crippen molar-refractivity contribution < 1.29 is 33.7 Å². The molecule has 8 nitrogen and oxygen atoms in total. The number of aryl methyl sites for hydroxylation is 1. The zero-order chi connectivity index (χ0) is 27.4. The summed E-state index contributed by atoms with van der Waals surface area (Å²) in [5.41, 5.74) is 1.55. The van der Waals surface area contributed by atoms with Crippen molar-refractivity contribution in [2.24, 2.45) is 11.8 Å². The van der Waals surface area contributed by atoms with Crippen molar-refractivity contribution in [3.8, 4) is 16.9 Å². The van der Waals surface area contributed by atoms with Crippen LogP contribution in [0.1, 0.15) is 55.1 Å². The van der Waals surface area contributed by atoms with Crippen LogP contribution in [0, 0.1) is 11.8 Å². The van der Waals surface area contributed by atoms with Gasteiger partial charge in [-0.3, -0.25) is 9.69 Å². The monoisotopic (exact) mass is 541 g/mol. The van der Waals surface area contributed by atoms with Gasteiger partial charge in [-0.25, -0.2) is 9.59 Å². The molecule has 2 heterocycles. The molecular formula is C29H32ClNO7. The van der Waals surface area contributed by atoms with Gasteiger partial charge in [0, 0.05) is 35.7 Å². The number of aliphatic carboxylic acids is 1. The van der Waals surface area contributed by atoms with Gasteiger partial charge in [0.05, 0.1) is 12.5 Å². The number of likely N-dealkylation sites (tertiary alicyclic amines) is 1. The Kier molecular flexibility index (Phi) is 6.68. The molecule has 1 saturated heterocycles. The van der Waals surface area contributed by atoms with Crippen molar-refractivity contribution in [3.05, 3.63) is 52.0 Å². The Morgan fingerprint density at radius 1 is 1.16 bits per heavy atom. The fraction of sp³-hybridized carbons (Fsp3) is 0.483. The second-order valence-corrected chi connectivity index (χ2v) is 11.8. The van der Waals surface area contributed by atoms with Gasteiger partial charge in [-0.2, -0.15) is 0 Å². The molecule has 0 bridgehead atoms. The molecule has 3 atom stereocenters. The molecule has 0 aromatic heterocycles. The number of benzene rings is 2. The number of carboxylic acid groups (broad SMARTS) is 1. The van der Waals surface area contributed by atoms with Crippen molar-refractivity contribution in [1.82, 2.24) is 4.90 Å². The first kappa shape index (κ1) is 26.5. The summed E-state index contributed by atoms with van der Waals surface area (Å²) >= 11 is 6.14. The van der Waals surface area contributed by atoms with Crippen molar-refractivity contribution >= 4 is 29.4 Å². The SMILES string of the molecule is COCC1CN(C(=O)OC(C)(C)C)[C@@](C(=O)O)(C2CCc3cc4c(cc3C2=O)COc2cc(Cl)ccc2-4)C1.